The number of nitrogens with zero attached hydrogens (tertiary/aromatic N) is 5. The van der Waals surface area contributed by atoms with Gasteiger partial charge in [0.05, 0.1) is 36.2 Å². The van der Waals surface area contributed by atoms with Gasteiger partial charge in [0.15, 0.2) is 0 Å². The zero-order chi connectivity index (χ0) is 25.6. The van der Waals surface area contributed by atoms with E-state index in [-0.39, 0.29) is 23.8 Å². The Morgan fingerprint density at radius 3 is 2.51 bits per heavy atom. The molecule has 0 amide bonds. The van der Waals surface area contributed by atoms with Crippen molar-refractivity contribution in [3.8, 4) is 5.69 Å². The molecule has 0 N–H and O–H groups in total. The number of fused-ring (bicyclic) bond motifs is 2. The Kier molecular flexibility index (Phi) is 5.93. The topological polar surface area (TPSA) is 97.6 Å². The second kappa shape index (κ2) is 9.16. The predicted octanol–water partition coefficient (Wildman–Crippen LogP) is 2.46. The van der Waals surface area contributed by atoms with E-state index in [0.29, 0.717) is 50.7 Å². The Bertz CT molecular complexity index is 1460. The van der Waals surface area contributed by atoms with Crippen molar-refractivity contribution in [2.45, 2.75) is 17.7 Å². The molecule has 1 aromatic carbocycles. The summed E-state index contributed by atoms with van der Waals surface area (Å²) in [4.78, 5) is 19.1. The Morgan fingerprint density at radius 2 is 1.81 bits per heavy atom. The zero-order valence-electron chi connectivity index (χ0n) is 20.1. The van der Waals surface area contributed by atoms with E-state index in [1.54, 1.807) is 35.1 Å². The normalized spacial score (nSPS) is 22.2. The Labute approximate surface area is 214 Å². The summed E-state index contributed by atoms with van der Waals surface area (Å²) in [6.45, 7) is 2.96. The van der Waals surface area contributed by atoms with Gasteiger partial charge in [-0.3, -0.25) is 0 Å². The molecule has 1 aliphatic carbocycles. The molecular weight excluding hydrogens is 497 g/mol. The Hall–Kier alpha value is -3.41. The summed E-state index contributed by atoms with van der Waals surface area (Å²) in [6, 6.07) is 9.35. The van der Waals surface area contributed by atoms with Gasteiger partial charge in [0, 0.05) is 32.4 Å². The summed E-state index contributed by atoms with van der Waals surface area (Å²) >= 11 is 0. The highest BCUT2D eigenvalue weighted by Crippen LogP contribution is 2.44. The van der Waals surface area contributed by atoms with Crippen LogP contribution < -0.4 is 4.90 Å². The lowest BCUT2D eigenvalue weighted by atomic mass is 9.70. The first-order valence-corrected chi connectivity index (χ1v) is 13.6. The smallest absolute Gasteiger partial charge is 0.244 e. The molecule has 11 heteroatoms. The minimum atomic E-state index is -3.84. The van der Waals surface area contributed by atoms with Crippen molar-refractivity contribution in [3.63, 3.8) is 0 Å². The third-order valence-corrected chi connectivity index (χ3v) is 9.25. The highest BCUT2D eigenvalue weighted by atomic mass is 32.2. The van der Waals surface area contributed by atoms with Gasteiger partial charge in [0.25, 0.3) is 0 Å². The first-order valence-electron chi connectivity index (χ1n) is 12.2. The summed E-state index contributed by atoms with van der Waals surface area (Å²) < 4.78 is 49.0. The van der Waals surface area contributed by atoms with Gasteiger partial charge in [0.1, 0.15) is 22.8 Å². The van der Waals surface area contributed by atoms with E-state index >= 15 is 0 Å². The lowest BCUT2D eigenvalue weighted by Crippen LogP contribution is -2.50. The molecule has 0 saturated carbocycles. The number of morpholine rings is 1. The lowest BCUT2D eigenvalue weighted by Gasteiger charge is -2.42. The van der Waals surface area contributed by atoms with Crippen LogP contribution >= 0.6 is 0 Å². The number of rotatable bonds is 5. The fourth-order valence-corrected chi connectivity index (χ4v) is 6.82. The molecule has 2 saturated heterocycles. The van der Waals surface area contributed by atoms with Crippen molar-refractivity contribution < 1.29 is 22.3 Å². The summed E-state index contributed by atoms with van der Waals surface area (Å²) in [7, 11) is -3.84. The molecule has 4 heterocycles. The molecule has 37 heavy (non-hydrogen) atoms. The van der Waals surface area contributed by atoms with Gasteiger partial charge in [-0.2, -0.15) is 9.40 Å². The van der Waals surface area contributed by atoms with Crippen molar-refractivity contribution in [2.24, 2.45) is 5.41 Å². The minimum absolute atomic E-state index is 0.0526. The van der Waals surface area contributed by atoms with Crippen LogP contribution in [0.15, 0.2) is 59.3 Å². The molecule has 192 valence electrons. The zero-order valence-corrected chi connectivity index (χ0v) is 20.9. The Morgan fingerprint density at radius 1 is 1.03 bits per heavy atom. The van der Waals surface area contributed by atoms with Crippen LogP contribution in [0.2, 0.25) is 0 Å². The van der Waals surface area contributed by atoms with E-state index in [1.807, 2.05) is 6.08 Å². The van der Waals surface area contributed by atoms with E-state index in [1.165, 1.54) is 22.6 Å². The number of hydrogen-bond acceptors (Lipinski definition) is 7. The lowest BCUT2D eigenvalue weighted by molar-refractivity contribution is -0.115. The van der Waals surface area contributed by atoms with E-state index in [2.05, 4.69) is 15.0 Å². The predicted molar refractivity (Wildman–Crippen MR) is 134 cm³/mol. The quantitative estimate of drug-likeness (QED) is 0.474. The molecule has 0 unspecified atom stereocenters. The number of hydrogen-bond donors (Lipinski definition) is 0. The molecule has 1 atom stereocenters. The molecule has 0 spiro atoms. The van der Waals surface area contributed by atoms with Gasteiger partial charge >= 0.3 is 0 Å². The number of benzene rings is 1. The molecule has 9 nitrogen and oxygen atoms in total. The first-order chi connectivity index (χ1) is 17.9. The first kappa shape index (κ1) is 24.0. The standard InChI is InChI=1S/C26H26FN5O4S/c27-21-1-3-22(4-2-21)32-24-13-20-7-8-31(17-26(20,18-33)14-19(24)15-29-32)37(34,35)23-5-6-25(28-16-23)30-9-11-36-12-10-30/h1-6,13,15-16,18H,7-12,14,17H2/t26-/m1/s1. The van der Waals surface area contributed by atoms with Crippen molar-refractivity contribution in [2.75, 3.05) is 44.3 Å². The van der Waals surface area contributed by atoms with Crippen LogP contribution in [-0.2, 0) is 26.0 Å². The van der Waals surface area contributed by atoms with E-state index in [9.17, 15) is 17.6 Å². The number of anilines is 1. The molecule has 2 aromatic heterocycles. The number of aldehydes is 1. The van der Waals surface area contributed by atoms with Gasteiger partial charge in [-0.15, -0.1) is 0 Å². The van der Waals surface area contributed by atoms with Crippen LogP contribution in [0, 0.1) is 11.2 Å². The number of ether oxygens (including phenoxy) is 1. The summed E-state index contributed by atoms with van der Waals surface area (Å²) in [5, 5.41) is 4.46. The third kappa shape index (κ3) is 4.16. The van der Waals surface area contributed by atoms with Crippen molar-refractivity contribution in [3.05, 3.63) is 71.4 Å². The molecular formula is C26H26FN5O4S. The molecule has 0 bridgehead atoms. The molecule has 3 aliphatic rings. The van der Waals surface area contributed by atoms with Gasteiger partial charge in [0.2, 0.25) is 10.0 Å². The SMILES string of the molecule is O=C[C@]12Cc3cnn(-c4ccc(F)cc4)c3C=C1CCN(S(=O)(=O)c1ccc(N3CCOCC3)nc1)C2. The molecule has 0 radical (unpaired) electrons. The number of sulfonamides is 1. The maximum atomic E-state index is 13.5. The van der Waals surface area contributed by atoms with Gasteiger partial charge < -0.3 is 14.4 Å². The minimum Gasteiger partial charge on any atom is -0.378 e. The molecule has 2 aliphatic heterocycles. The summed E-state index contributed by atoms with van der Waals surface area (Å²) in [6.07, 6.45) is 6.67. The summed E-state index contributed by atoms with van der Waals surface area (Å²) in [5.41, 5.74) is 2.31. The highest BCUT2D eigenvalue weighted by molar-refractivity contribution is 7.89. The van der Waals surface area contributed by atoms with E-state index in [0.717, 1.165) is 23.1 Å². The number of pyridine rings is 1. The van der Waals surface area contributed by atoms with Crippen LogP contribution in [0.1, 0.15) is 17.7 Å². The van der Waals surface area contributed by atoms with Crippen LogP contribution in [0.4, 0.5) is 10.2 Å². The second-order valence-electron chi connectivity index (χ2n) is 9.60. The van der Waals surface area contributed by atoms with Crippen LogP contribution in [0.5, 0.6) is 0 Å². The molecule has 6 rings (SSSR count). The summed E-state index contributed by atoms with van der Waals surface area (Å²) in [5.74, 6) is 0.385. The van der Waals surface area contributed by atoms with E-state index in [4.69, 9.17) is 4.74 Å². The third-order valence-electron chi connectivity index (χ3n) is 7.42. The number of carbonyl (C=O) groups is 1. The van der Waals surface area contributed by atoms with Crippen LogP contribution in [-0.4, -0.2) is 73.2 Å². The number of piperidine rings is 1. The fourth-order valence-electron chi connectivity index (χ4n) is 5.36. The maximum absolute atomic E-state index is 13.5. The van der Waals surface area contributed by atoms with Crippen LogP contribution in [0.25, 0.3) is 11.8 Å². The van der Waals surface area contributed by atoms with Gasteiger partial charge in [-0.05, 0) is 60.9 Å². The monoisotopic (exact) mass is 523 g/mol. The number of aromatic nitrogens is 3. The largest absolute Gasteiger partial charge is 0.378 e. The molecule has 2 fully saturated rings. The van der Waals surface area contributed by atoms with Crippen molar-refractivity contribution >= 4 is 28.2 Å². The van der Waals surface area contributed by atoms with Gasteiger partial charge in [-0.25, -0.2) is 22.5 Å². The number of carbonyl (C=O) groups excluding carboxylic acids is 1. The fraction of sp³-hybridized carbons (Fsp3) is 0.346. The second-order valence-corrected chi connectivity index (χ2v) is 11.5. The average molecular weight is 524 g/mol. The van der Waals surface area contributed by atoms with Crippen molar-refractivity contribution in [1.82, 2.24) is 19.1 Å². The average Bonchev–Trinajstić information content (AvgIpc) is 3.34. The Balaban J connectivity index is 1.26. The highest BCUT2D eigenvalue weighted by Gasteiger charge is 2.46. The van der Waals surface area contributed by atoms with Crippen LogP contribution in [0.3, 0.4) is 0 Å². The number of halogens is 1. The maximum Gasteiger partial charge on any atom is 0.244 e. The molecule has 3 aromatic rings. The van der Waals surface area contributed by atoms with E-state index < -0.39 is 15.4 Å². The van der Waals surface area contributed by atoms with Gasteiger partial charge in [-0.1, -0.05) is 5.57 Å². The van der Waals surface area contributed by atoms with Crippen molar-refractivity contribution in [1.29, 1.82) is 0 Å².